The molecule has 1 N–H and O–H groups in total. The van der Waals surface area contributed by atoms with Crippen LogP contribution in [0.25, 0.3) is 0 Å². The zero-order valence-corrected chi connectivity index (χ0v) is 14.8. The summed E-state index contributed by atoms with van der Waals surface area (Å²) in [6.07, 6.45) is 1.30. The molecule has 26 heavy (non-hydrogen) atoms. The topological polar surface area (TPSA) is 109 Å². The molecule has 9 heteroatoms. The van der Waals surface area contributed by atoms with E-state index in [1.807, 2.05) is 0 Å². The number of rotatable bonds is 3. The van der Waals surface area contributed by atoms with Crippen molar-refractivity contribution >= 4 is 28.0 Å². The van der Waals surface area contributed by atoms with Crippen molar-refractivity contribution < 1.29 is 23.1 Å². The van der Waals surface area contributed by atoms with E-state index in [9.17, 15) is 18.3 Å². The predicted octanol–water partition coefficient (Wildman–Crippen LogP) is 1.59. The molecule has 0 saturated heterocycles. The van der Waals surface area contributed by atoms with E-state index in [1.165, 1.54) is 49.6 Å². The Bertz CT molecular complexity index is 1040. The Kier molecular flexibility index (Phi) is 4.47. The lowest BCUT2D eigenvalue weighted by Gasteiger charge is -2.12. The lowest BCUT2D eigenvalue weighted by molar-refractivity contribution is 0.0600. The highest BCUT2D eigenvalue weighted by atomic mass is 32.2. The maximum Gasteiger partial charge on any atom is 0.337 e. The van der Waals surface area contributed by atoms with Crippen LogP contribution < -0.4 is 0 Å². The van der Waals surface area contributed by atoms with Gasteiger partial charge in [-0.25, -0.2) is 9.80 Å². The summed E-state index contributed by atoms with van der Waals surface area (Å²) in [5.74, 6) is -0.468. The third-order valence-corrected chi connectivity index (χ3v) is 5.06. The first-order valence-electron chi connectivity index (χ1n) is 7.47. The second-order valence-electron chi connectivity index (χ2n) is 5.42. The molecule has 3 rings (SSSR count). The van der Waals surface area contributed by atoms with Crippen LogP contribution in [0.5, 0.6) is 5.75 Å². The molecule has 8 nitrogen and oxygen atoms in total. The number of hydrogen-bond donors (Lipinski definition) is 1. The van der Waals surface area contributed by atoms with Crippen molar-refractivity contribution in [3.8, 4) is 5.75 Å². The van der Waals surface area contributed by atoms with Gasteiger partial charge in [-0.3, -0.25) is 0 Å². The Balaban J connectivity index is 1.92. The zero-order valence-electron chi connectivity index (χ0n) is 13.9. The predicted molar refractivity (Wildman–Crippen MR) is 95.0 cm³/mol. The molecule has 0 fully saturated rings. The van der Waals surface area contributed by atoms with E-state index in [-0.39, 0.29) is 27.6 Å². The third-order valence-electron chi connectivity index (χ3n) is 3.74. The molecule has 134 valence electrons. The lowest BCUT2D eigenvalue weighted by atomic mass is 10.1. The van der Waals surface area contributed by atoms with E-state index >= 15 is 0 Å². The average Bonchev–Trinajstić information content (AvgIpc) is 2.92. The molecule has 0 unspecified atom stereocenters. The van der Waals surface area contributed by atoms with Gasteiger partial charge < -0.3 is 9.84 Å². The normalized spacial score (nSPS) is 14.8. The number of esters is 1. The van der Waals surface area contributed by atoms with Gasteiger partial charge in [0, 0.05) is 18.2 Å². The van der Waals surface area contributed by atoms with Crippen molar-refractivity contribution in [2.45, 2.75) is 4.90 Å². The molecule has 1 aliphatic rings. The number of aromatic hydroxyl groups is 1. The maximum atomic E-state index is 12.1. The van der Waals surface area contributed by atoms with Crippen molar-refractivity contribution in [3.05, 3.63) is 59.2 Å². The van der Waals surface area contributed by atoms with Gasteiger partial charge in [0.25, 0.3) is 10.0 Å². The number of amidine groups is 1. The van der Waals surface area contributed by atoms with Gasteiger partial charge >= 0.3 is 5.97 Å². The number of carbonyl (C=O) groups excluding carboxylic acids is 1. The van der Waals surface area contributed by atoms with Gasteiger partial charge in [-0.05, 0) is 30.3 Å². The highest BCUT2D eigenvalue weighted by Crippen LogP contribution is 2.27. The Hall–Kier alpha value is -3.20. The fraction of sp³-hybridized carbons (Fsp3) is 0.118. The number of hydrazone groups is 1. The van der Waals surface area contributed by atoms with Crippen LogP contribution in [0.3, 0.4) is 0 Å². The van der Waals surface area contributed by atoms with E-state index in [0.29, 0.717) is 5.56 Å². The number of carbonyl (C=O) groups is 1. The second kappa shape index (κ2) is 6.60. The minimum absolute atomic E-state index is 0.0869. The highest BCUT2D eigenvalue weighted by molar-refractivity contribution is 7.90. The van der Waals surface area contributed by atoms with E-state index in [4.69, 9.17) is 0 Å². The van der Waals surface area contributed by atoms with Crippen molar-refractivity contribution in [1.82, 2.24) is 5.01 Å². The molecule has 1 aliphatic heterocycles. The minimum atomic E-state index is -3.75. The number of methoxy groups -OCH3 is 1. The Morgan fingerprint density at radius 3 is 2.73 bits per heavy atom. The number of hydrogen-bond acceptors (Lipinski definition) is 7. The maximum absolute atomic E-state index is 12.1. The quantitative estimate of drug-likeness (QED) is 0.497. The molecular formula is C17H15N3O5S. The first-order valence-corrected chi connectivity index (χ1v) is 8.91. The number of nitrogens with zero attached hydrogens (tertiary/aromatic N) is 3. The molecule has 0 aromatic heterocycles. The number of phenols is 1. The molecule has 2 aromatic carbocycles. The van der Waals surface area contributed by atoms with E-state index in [1.54, 1.807) is 18.2 Å². The molecule has 0 saturated carbocycles. The average molecular weight is 373 g/mol. The first kappa shape index (κ1) is 17.6. The molecule has 0 atom stereocenters. The van der Waals surface area contributed by atoms with Gasteiger partial charge in [-0.1, -0.05) is 12.1 Å². The van der Waals surface area contributed by atoms with Gasteiger partial charge in [0.15, 0.2) is 5.84 Å². The summed E-state index contributed by atoms with van der Waals surface area (Å²) in [7, 11) is -0.958. The summed E-state index contributed by atoms with van der Waals surface area (Å²) in [6.45, 7) is 0. The van der Waals surface area contributed by atoms with Crippen LogP contribution in [-0.4, -0.2) is 50.7 Å². The summed E-state index contributed by atoms with van der Waals surface area (Å²) in [6, 6.07) is 10.6. The van der Waals surface area contributed by atoms with Crippen LogP contribution in [0.4, 0.5) is 0 Å². The van der Waals surface area contributed by atoms with Gasteiger partial charge in [0.2, 0.25) is 0 Å². The van der Waals surface area contributed by atoms with E-state index in [0.717, 1.165) is 0 Å². The summed E-state index contributed by atoms with van der Waals surface area (Å²) in [4.78, 5) is 11.7. The van der Waals surface area contributed by atoms with E-state index in [2.05, 4.69) is 14.2 Å². The Morgan fingerprint density at radius 1 is 1.27 bits per heavy atom. The SMILES string of the molecule is COC(=O)c1ccc(O)c(/C=N/N(C)C2=NS(=O)(=O)c3ccccc32)c1. The van der Waals surface area contributed by atoms with Gasteiger partial charge in [0.05, 0.1) is 18.9 Å². The Morgan fingerprint density at radius 2 is 2.00 bits per heavy atom. The molecule has 1 heterocycles. The van der Waals surface area contributed by atoms with Crippen molar-refractivity contribution in [2.75, 3.05) is 14.2 Å². The van der Waals surface area contributed by atoms with E-state index < -0.39 is 16.0 Å². The summed E-state index contributed by atoms with van der Waals surface area (Å²) < 4.78 is 32.6. The fourth-order valence-corrected chi connectivity index (χ4v) is 3.66. The van der Waals surface area contributed by atoms with Gasteiger partial charge in [-0.15, -0.1) is 4.40 Å². The van der Waals surface area contributed by atoms with Crippen LogP contribution in [0, 0.1) is 0 Å². The van der Waals surface area contributed by atoms with Crippen molar-refractivity contribution in [2.24, 2.45) is 9.50 Å². The zero-order chi connectivity index (χ0) is 18.9. The molecule has 0 radical (unpaired) electrons. The van der Waals surface area contributed by atoms with Crippen LogP contribution in [0.15, 0.2) is 56.9 Å². The third kappa shape index (κ3) is 3.16. The molecule has 0 spiro atoms. The highest BCUT2D eigenvalue weighted by Gasteiger charge is 2.30. The Labute approximate surface area is 150 Å². The number of benzene rings is 2. The molecule has 2 aromatic rings. The number of sulfonamides is 1. The standard InChI is InChI=1S/C17H15N3O5S/c1-20(16-13-5-3-4-6-15(13)26(23,24)19-16)18-10-12-9-11(17(22)25-2)7-8-14(12)21/h3-10,21H,1-2H3/b18-10+. The van der Waals surface area contributed by atoms with Gasteiger partial charge in [0.1, 0.15) is 10.6 Å². The van der Waals surface area contributed by atoms with Crippen LogP contribution in [0.1, 0.15) is 21.5 Å². The number of phenolic OH excluding ortho intramolecular Hbond substituents is 1. The van der Waals surface area contributed by atoms with Crippen LogP contribution in [0.2, 0.25) is 0 Å². The molecule has 0 aliphatic carbocycles. The first-order chi connectivity index (χ1) is 12.3. The summed E-state index contributed by atoms with van der Waals surface area (Å²) in [5, 5.41) is 15.3. The van der Waals surface area contributed by atoms with Crippen LogP contribution in [-0.2, 0) is 14.8 Å². The second-order valence-corrected chi connectivity index (χ2v) is 6.99. The largest absolute Gasteiger partial charge is 0.507 e. The minimum Gasteiger partial charge on any atom is -0.507 e. The lowest BCUT2D eigenvalue weighted by Crippen LogP contribution is -2.21. The van der Waals surface area contributed by atoms with Crippen LogP contribution >= 0.6 is 0 Å². The van der Waals surface area contributed by atoms with Crippen molar-refractivity contribution in [1.29, 1.82) is 0 Å². The molecular weight excluding hydrogens is 358 g/mol. The summed E-state index contributed by atoms with van der Waals surface area (Å²) >= 11 is 0. The van der Waals surface area contributed by atoms with Crippen molar-refractivity contribution in [3.63, 3.8) is 0 Å². The van der Waals surface area contributed by atoms with Gasteiger partial charge in [-0.2, -0.15) is 13.5 Å². The smallest absolute Gasteiger partial charge is 0.337 e. The number of ether oxygens (including phenoxy) is 1. The fourth-order valence-electron chi connectivity index (χ4n) is 2.43. The molecule has 0 bridgehead atoms. The monoisotopic (exact) mass is 373 g/mol. The number of fused-ring (bicyclic) bond motifs is 1. The molecule has 0 amide bonds. The summed E-state index contributed by atoms with van der Waals surface area (Å²) in [5.41, 5.74) is 0.967.